The first-order valence-corrected chi connectivity index (χ1v) is 8.06. The van der Waals surface area contributed by atoms with Gasteiger partial charge in [-0.05, 0) is 26.2 Å². The number of aromatic nitrogens is 2. The van der Waals surface area contributed by atoms with Crippen molar-refractivity contribution in [1.29, 1.82) is 0 Å². The molecule has 1 aliphatic heterocycles. The Kier molecular flexibility index (Phi) is 5.79. The minimum absolute atomic E-state index is 0.118. The van der Waals surface area contributed by atoms with Crippen molar-refractivity contribution in [2.75, 3.05) is 26.3 Å². The summed E-state index contributed by atoms with van der Waals surface area (Å²) in [5.41, 5.74) is 1.73. The van der Waals surface area contributed by atoms with Crippen LogP contribution in [0.25, 0.3) is 0 Å². The molecule has 0 aromatic carbocycles. The van der Waals surface area contributed by atoms with Gasteiger partial charge in [-0.3, -0.25) is 9.48 Å². The van der Waals surface area contributed by atoms with E-state index in [4.69, 9.17) is 4.74 Å². The van der Waals surface area contributed by atoms with E-state index in [0.29, 0.717) is 5.92 Å². The summed E-state index contributed by atoms with van der Waals surface area (Å²) in [5, 5.41) is 4.32. The van der Waals surface area contributed by atoms with E-state index >= 15 is 0 Å². The van der Waals surface area contributed by atoms with E-state index in [-0.39, 0.29) is 5.91 Å². The summed E-state index contributed by atoms with van der Waals surface area (Å²) >= 11 is 0. The van der Waals surface area contributed by atoms with Crippen molar-refractivity contribution in [2.24, 2.45) is 5.92 Å². The number of hydrogen-bond acceptors (Lipinski definition) is 3. The highest BCUT2D eigenvalue weighted by atomic mass is 16.5. The summed E-state index contributed by atoms with van der Waals surface area (Å²) < 4.78 is 7.53. The van der Waals surface area contributed by atoms with E-state index in [1.165, 1.54) is 0 Å². The van der Waals surface area contributed by atoms with Crippen LogP contribution >= 0.6 is 0 Å². The Bertz CT molecular complexity index is 470. The fourth-order valence-corrected chi connectivity index (χ4v) is 2.81. The Balaban J connectivity index is 1.92. The molecule has 5 nitrogen and oxygen atoms in total. The van der Waals surface area contributed by atoms with Gasteiger partial charge >= 0.3 is 0 Å². The lowest BCUT2D eigenvalue weighted by molar-refractivity contribution is 0.0753. The van der Waals surface area contributed by atoms with Gasteiger partial charge in [0.25, 0.3) is 5.91 Å². The SMILES string of the molecule is CCCOC[C@H]1CCN(C(=O)c2cnn(CCC)c2C)C1. The first kappa shape index (κ1) is 16.0. The molecule has 1 aromatic rings. The number of ether oxygens (including phenoxy) is 1. The molecule has 0 radical (unpaired) electrons. The van der Waals surface area contributed by atoms with Crippen LogP contribution in [0.4, 0.5) is 0 Å². The Hall–Kier alpha value is -1.36. The highest BCUT2D eigenvalue weighted by Crippen LogP contribution is 2.20. The minimum Gasteiger partial charge on any atom is -0.381 e. The molecule has 118 valence electrons. The molecule has 0 saturated carbocycles. The second-order valence-electron chi connectivity index (χ2n) is 5.85. The van der Waals surface area contributed by atoms with E-state index in [2.05, 4.69) is 18.9 Å². The Morgan fingerprint density at radius 2 is 2.24 bits per heavy atom. The molecule has 0 aliphatic carbocycles. The predicted octanol–water partition coefficient (Wildman–Crippen LogP) is 2.49. The number of carbonyl (C=O) groups is 1. The van der Waals surface area contributed by atoms with Crippen LogP contribution in [0.15, 0.2) is 6.20 Å². The van der Waals surface area contributed by atoms with Gasteiger partial charge in [-0.2, -0.15) is 5.10 Å². The van der Waals surface area contributed by atoms with Crippen molar-refractivity contribution in [3.8, 4) is 0 Å². The Morgan fingerprint density at radius 1 is 1.43 bits per heavy atom. The molecule has 1 saturated heterocycles. The quantitative estimate of drug-likeness (QED) is 0.726. The largest absolute Gasteiger partial charge is 0.381 e. The van der Waals surface area contributed by atoms with Crippen molar-refractivity contribution < 1.29 is 9.53 Å². The second-order valence-corrected chi connectivity index (χ2v) is 5.85. The van der Waals surface area contributed by atoms with Crippen molar-refractivity contribution in [2.45, 2.75) is 46.6 Å². The van der Waals surface area contributed by atoms with Gasteiger partial charge in [-0.15, -0.1) is 0 Å². The molecule has 5 heteroatoms. The summed E-state index contributed by atoms with van der Waals surface area (Å²) in [6.07, 6.45) is 4.83. The lowest BCUT2D eigenvalue weighted by Gasteiger charge is -2.16. The van der Waals surface area contributed by atoms with E-state index in [1.807, 2.05) is 16.5 Å². The molecule has 0 spiro atoms. The molecule has 1 aliphatic rings. The zero-order chi connectivity index (χ0) is 15.2. The fraction of sp³-hybridized carbons (Fsp3) is 0.750. The zero-order valence-electron chi connectivity index (χ0n) is 13.5. The highest BCUT2D eigenvalue weighted by Gasteiger charge is 2.28. The van der Waals surface area contributed by atoms with Gasteiger partial charge in [0.05, 0.1) is 18.4 Å². The summed E-state index contributed by atoms with van der Waals surface area (Å²) in [6, 6.07) is 0. The van der Waals surface area contributed by atoms with E-state index < -0.39 is 0 Å². The number of carbonyl (C=O) groups excluding carboxylic acids is 1. The molecule has 0 unspecified atom stereocenters. The molecule has 2 heterocycles. The van der Waals surface area contributed by atoms with Crippen LogP contribution in [0.5, 0.6) is 0 Å². The van der Waals surface area contributed by atoms with Crippen LogP contribution in [-0.4, -0.2) is 46.9 Å². The van der Waals surface area contributed by atoms with Gasteiger partial charge in [-0.1, -0.05) is 13.8 Å². The topological polar surface area (TPSA) is 47.4 Å². The molecule has 1 amide bonds. The Labute approximate surface area is 127 Å². The number of nitrogens with zero attached hydrogens (tertiary/aromatic N) is 3. The maximum atomic E-state index is 12.6. The molecule has 0 bridgehead atoms. The first-order valence-electron chi connectivity index (χ1n) is 8.06. The summed E-state index contributed by atoms with van der Waals surface area (Å²) in [6.45, 7) is 10.3. The van der Waals surface area contributed by atoms with Crippen LogP contribution in [0.2, 0.25) is 0 Å². The molecule has 2 rings (SSSR count). The lowest BCUT2D eigenvalue weighted by Crippen LogP contribution is -2.29. The van der Waals surface area contributed by atoms with Gasteiger partial charge in [0, 0.05) is 37.9 Å². The first-order chi connectivity index (χ1) is 10.2. The molecule has 1 aromatic heterocycles. The molecular formula is C16H27N3O2. The van der Waals surface area contributed by atoms with E-state index in [9.17, 15) is 4.79 Å². The van der Waals surface area contributed by atoms with E-state index in [0.717, 1.165) is 63.4 Å². The van der Waals surface area contributed by atoms with Gasteiger partial charge in [0.2, 0.25) is 0 Å². The monoisotopic (exact) mass is 293 g/mol. The standard InChI is InChI=1S/C16H27N3O2/c1-4-7-19-13(3)15(10-17-19)16(20)18-8-6-14(11-18)12-21-9-5-2/h10,14H,4-9,11-12H2,1-3H3/t14-/m0/s1. The summed E-state index contributed by atoms with van der Waals surface area (Å²) in [5.74, 6) is 0.597. The number of amides is 1. The van der Waals surface area contributed by atoms with Crippen LogP contribution in [0, 0.1) is 12.8 Å². The summed E-state index contributed by atoms with van der Waals surface area (Å²) in [4.78, 5) is 14.5. The Morgan fingerprint density at radius 3 is 2.95 bits per heavy atom. The average Bonchev–Trinajstić information content (AvgIpc) is 3.07. The van der Waals surface area contributed by atoms with Crippen molar-refractivity contribution in [3.05, 3.63) is 17.5 Å². The molecule has 1 fully saturated rings. The van der Waals surface area contributed by atoms with Crippen molar-refractivity contribution >= 4 is 5.91 Å². The van der Waals surface area contributed by atoms with Crippen molar-refractivity contribution in [1.82, 2.24) is 14.7 Å². The number of aryl methyl sites for hydroxylation is 1. The molecule has 21 heavy (non-hydrogen) atoms. The minimum atomic E-state index is 0.118. The zero-order valence-corrected chi connectivity index (χ0v) is 13.5. The fourth-order valence-electron chi connectivity index (χ4n) is 2.81. The third-order valence-corrected chi connectivity index (χ3v) is 4.04. The van der Waals surface area contributed by atoms with Crippen LogP contribution in [-0.2, 0) is 11.3 Å². The number of hydrogen-bond donors (Lipinski definition) is 0. The molecule has 1 atom stereocenters. The van der Waals surface area contributed by atoms with Crippen LogP contribution < -0.4 is 0 Å². The predicted molar refractivity (Wildman–Crippen MR) is 82.4 cm³/mol. The normalized spacial score (nSPS) is 18.4. The molecular weight excluding hydrogens is 266 g/mol. The van der Waals surface area contributed by atoms with Crippen LogP contribution in [0.3, 0.4) is 0 Å². The third-order valence-electron chi connectivity index (χ3n) is 4.04. The maximum absolute atomic E-state index is 12.6. The summed E-state index contributed by atoms with van der Waals surface area (Å²) in [7, 11) is 0. The molecule has 0 N–H and O–H groups in total. The third kappa shape index (κ3) is 3.84. The average molecular weight is 293 g/mol. The van der Waals surface area contributed by atoms with E-state index in [1.54, 1.807) is 6.20 Å². The maximum Gasteiger partial charge on any atom is 0.257 e. The number of rotatable bonds is 7. The smallest absolute Gasteiger partial charge is 0.257 e. The lowest BCUT2D eigenvalue weighted by atomic mass is 10.1. The van der Waals surface area contributed by atoms with Gasteiger partial charge < -0.3 is 9.64 Å². The van der Waals surface area contributed by atoms with Gasteiger partial charge in [0.1, 0.15) is 0 Å². The number of likely N-dealkylation sites (tertiary alicyclic amines) is 1. The second kappa shape index (κ2) is 7.59. The van der Waals surface area contributed by atoms with Crippen molar-refractivity contribution in [3.63, 3.8) is 0 Å². The highest BCUT2D eigenvalue weighted by molar-refractivity contribution is 5.95. The van der Waals surface area contributed by atoms with Crippen LogP contribution in [0.1, 0.15) is 49.2 Å². The van der Waals surface area contributed by atoms with Gasteiger partial charge in [-0.25, -0.2) is 0 Å². The van der Waals surface area contributed by atoms with Gasteiger partial charge in [0.15, 0.2) is 0 Å².